The first-order valence-corrected chi connectivity index (χ1v) is 9.28. The maximum Gasteiger partial charge on any atom is 0.307 e. The van der Waals surface area contributed by atoms with Gasteiger partial charge >= 0.3 is 5.97 Å². The van der Waals surface area contributed by atoms with E-state index in [-0.39, 0.29) is 28.0 Å². The molecule has 0 radical (unpaired) electrons. The molecule has 0 spiro atoms. The van der Waals surface area contributed by atoms with Crippen LogP contribution >= 0.6 is 23.2 Å². The number of carbonyl (C=O) groups is 1. The van der Waals surface area contributed by atoms with E-state index in [1.165, 1.54) is 12.1 Å². The van der Waals surface area contributed by atoms with Gasteiger partial charge < -0.3 is 14.9 Å². The summed E-state index contributed by atoms with van der Waals surface area (Å²) in [7, 11) is 0. The van der Waals surface area contributed by atoms with Crippen LogP contribution in [0.2, 0.25) is 10.0 Å². The molecule has 2 N–H and O–H groups in total. The standard InChI is InChI=1S/C22H18Cl2O4/c1-12-3-5-16(13(2)7-12)17-11-15(4-6-20(17)25)28-22-18(23)8-14(9-19(22)24)10-21(26)27/h3-9,11,25H,10H2,1-2H3,(H,26,27). The molecule has 3 aromatic rings. The van der Waals surface area contributed by atoms with Crippen molar-refractivity contribution in [1.29, 1.82) is 0 Å². The highest BCUT2D eigenvalue weighted by Gasteiger charge is 2.15. The lowest BCUT2D eigenvalue weighted by Gasteiger charge is -2.14. The molecule has 0 amide bonds. The van der Waals surface area contributed by atoms with Gasteiger partial charge in [-0.25, -0.2) is 0 Å². The summed E-state index contributed by atoms with van der Waals surface area (Å²) < 4.78 is 5.86. The molecule has 0 unspecified atom stereocenters. The monoisotopic (exact) mass is 416 g/mol. The second-order valence-electron chi connectivity index (χ2n) is 6.56. The Hall–Kier alpha value is -2.69. The number of carboxylic acids is 1. The number of benzene rings is 3. The summed E-state index contributed by atoms with van der Waals surface area (Å²) in [6.45, 7) is 3.98. The topological polar surface area (TPSA) is 66.8 Å². The van der Waals surface area contributed by atoms with Crippen molar-refractivity contribution in [3.05, 3.63) is 75.3 Å². The number of aliphatic carboxylic acids is 1. The van der Waals surface area contributed by atoms with Crippen LogP contribution in [-0.4, -0.2) is 16.2 Å². The van der Waals surface area contributed by atoms with Gasteiger partial charge in [0.1, 0.15) is 11.5 Å². The zero-order valence-electron chi connectivity index (χ0n) is 15.3. The van der Waals surface area contributed by atoms with Crippen LogP contribution in [0, 0.1) is 13.8 Å². The first-order valence-electron chi connectivity index (χ1n) is 8.53. The third-order valence-electron chi connectivity index (χ3n) is 4.27. The fourth-order valence-electron chi connectivity index (χ4n) is 3.01. The number of aryl methyl sites for hydroxylation is 2. The molecule has 0 bridgehead atoms. The Labute approximate surface area is 172 Å². The van der Waals surface area contributed by atoms with Crippen LogP contribution in [0.15, 0.2) is 48.5 Å². The fourth-order valence-corrected chi connectivity index (χ4v) is 3.62. The Kier molecular flexibility index (Phi) is 5.82. The maximum absolute atomic E-state index is 10.9. The molecule has 6 heteroatoms. The molecule has 144 valence electrons. The van der Waals surface area contributed by atoms with Crippen LogP contribution in [0.4, 0.5) is 0 Å². The van der Waals surface area contributed by atoms with E-state index in [4.69, 9.17) is 33.0 Å². The number of ether oxygens (including phenoxy) is 1. The Bertz CT molecular complexity index is 1040. The molecule has 4 nitrogen and oxygen atoms in total. The number of halogens is 2. The van der Waals surface area contributed by atoms with Crippen molar-refractivity contribution in [1.82, 2.24) is 0 Å². The quantitative estimate of drug-likeness (QED) is 0.504. The van der Waals surface area contributed by atoms with Crippen LogP contribution < -0.4 is 4.74 Å². The lowest BCUT2D eigenvalue weighted by atomic mass is 9.98. The van der Waals surface area contributed by atoms with Crippen molar-refractivity contribution in [2.24, 2.45) is 0 Å². The minimum absolute atomic E-state index is 0.133. The lowest BCUT2D eigenvalue weighted by Crippen LogP contribution is -2.00. The minimum atomic E-state index is -0.975. The molecule has 0 aliphatic heterocycles. The molecule has 0 atom stereocenters. The van der Waals surface area contributed by atoms with Crippen molar-refractivity contribution in [2.75, 3.05) is 0 Å². The van der Waals surface area contributed by atoms with E-state index >= 15 is 0 Å². The number of phenols is 1. The van der Waals surface area contributed by atoms with Gasteiger partial charge in [-0.3, -0.25) is 4.79 Å². The van der Waals surface area contributed by atoms with Crippen LogP contribution in [-0.2, 0) is 11.2 Å². The Morgan fingerprint density at radius 2 is 1.64 bits per heavy atom. The molecule has 28 heavy (non-hydrogen) atoms. The van der Waals surface area contributed by atoms with E-state index in [9.17, 15) is 9.90 Å². The van der Waals surface area contributed by atoms with Gasteiger partial charge in [-0.15, -0.1) is 0 Å². The summed E-state index contributed by atoms with van der Waals surface area (Å²) in [5, 5.41) is 19.7. The number of hydrogen-bond acceptors (Lipinski definition) is 3. The summed E-state index contributed by atoms with van der Waals surface area (Å²) >= 11 is 12.5. The summed E-state index contributed by atoms with van der Waals surface area (Å²) in [5.74, 6) is -0.164. The van der Waals surface area contributed by atoms with Crippen molar-refractivity contribution in [2.45, 2.75) is 20.3 Å². The number of hydrogen-bond donors (Lipinski definition) is 2. The summed E-state index contributed by atoms with van der Waals surface area (Å²) in [6.07, 6.45) is -0.185. The third-order valence-corrected chi connectivity index (χ3v) is 4.83. The SMILES string of the molecule is Cc1ccc(-c2cc(Oc3c(Cl)cc(CC(=O)O)cc3Cl)ccc2O)c(C)c1. The molecule has 0 aliphatic carbocycles. The van der Waals surface area contributed by atoms with Crippen molar-refractivity contribution < 1.29 is 19.7 Å². The highest BCUT2D eigenvalue weighted by molar-refractivity contribution is 6.37. The molecule has 0 heterocycles. The highest BCUT2D eigenvalue weighted by Crippen LogP contribution is 2.40. The molecule has 0 aliphatic rings. The van der Waals surface area contributed by atoms with Crippen molar-refractivity contribution in [3.63, 3.8) is 0 Å². The molecule has 3 aromatic carbocycles. The third kappa shape index (κ3) is 4.41. The first-order chi connectivity index (χ1) is 13.2. The lowest BCUT2D eigenvalue weighted by molar-refractivity contribution is -0.136. The smallest absolute Gasteiger partial charge is 0.307 e. The average Bonchev–Trinajstić information content (AvgIpc) is 2.59. The number of rotatable bonds is 5. The summed E-state index contributed by atoms with van der Waals surface area (Å²) in [4.78, 5) is 10.9. The van der Waals surface area contributed by atoms with Crippen LogP contribution in [0.25, 0.3) is 11.1 Å². The predicted octanol–water partition coefficient (Wildman–Crippen LogP) is 6.40. The van der Waals surface area contributed by atoms with E-state index in [0.717, 1.165) is 16.7 Å². The second kappa shape index (κ2) is 8.13. The van der Waals surface area contributed by atoms with Crippen LogP contribution in [0.3, 0.4) is 0 Å². The number of aromatic hydroxyl groups is 1. The van der Waals surface area contributed by atoms with E-state index in [2.05, 4.69) is 0 Å². The zero-order chi connectivity index (χ0) is 20.4. The van der Waals surface area contributed by atoms with Gasteiger partial charge in [0.15, 0.2) is 5.75 Å². The summed E-state index contributed by atoms with van der Waals surface area (Å²) in [5.41, 5.74) is 4.17. The van der Waals surface area contributed by atoms with Crippen LogP contribution in [0.1, 0.15) is 16.7 Å². The van der Waals surface area contributed by atoms with Crippen LogP contribution in [0.5, 0.6) is 17.2 Å². The fraction of sp³-hybridized carbons (Fsp3) is 0.136. The van der Waals surface area contributed by atoms with Gasteiger partial charge in [0.05, 0.1) is 16.5 Å². The highest BCUT2D eigenvalue weighted by atomic mass is 35.5. The molecule has 0 aromatic heterocycles. The van der Waals surface area contributed by atoms with Crippen molar-refractivity contribution >= 4 is 29.2 Å². The van der Waals surface area contributed by atoms with Crippen molar-refractivity contribution in [3.8, 4) is 28.4 Å². The van der Waals surface area contributed by atoms with E-state index in [1.807, 2.05) is 32.0 Å². The number of carboxylic acid groups (broad SMARTS) is 1. The molecular weight excluding hydrogens is 399 g/mol. The minimum Gasteiger partial charge on any atom is -0.507 e. The zero-order valence-corrected chi connectivity index (χ0v) is 16.8. The Balaban J connectivity index is 1.97. The normalized spacial score (nSPS) is 10.7. The predicted molar refractivity (Wildman–Crippen MR) is 111 cm³/mol. The van der Waals surface area contributed by atoms with Gasteiger partial charge in [0.25, 0.3) is 0 Å². The second-order valence-corrected chi connectivity index (χ2v) is 7.37. The van der Waals surface area contributed by atoms with Gasteiger partial charge in [0, 0.05) is 5.56 Å². The number of phenolic OH excluding ortho intramolecular Hbond substituents is 1. The largest absolute Gasteiger partial charge is 0.507 e. The van der Waals surface area contributed by atoms with E-state index in [1.54, 1.807) is 18.2 Å². The Morgan fingerprint density at radius 1 is 0.964 bits per heavy atom. The maximum atomic E-state index is 10.9. The van der Waals surface area contributed by atoms with Gasteiger partial charge in [0.2, 0.25) is 0 Å². The summed E-state index contributed by atoms with van der Waals surface area (Å²) in [6, 6.07) is 13.9. The molecule has 0 saturated heterocycles. The van der Waals surface area contributed by atoms with E-state index < -0.39 is 5.97 Å². The van der Waals surface area contributed by atoms with Gasteiger partial charge in [-0.05, 0) is 60.9 Å². The average molecular weight is 417 g/mol. The molecule has 3 rings (SSSR count). The van der Waals surface area contributed by atoms with E-state index in [0.29, 0.717) is 16.9 Å². The van der Waals surface area contributed by atoms with Gasteiger partial charge in [-0.2, -0.15) is 0 Å². The molecular formula is C22H18Cl2O4. The molecule has 0 fully saturated rings. The van der Waals surface area contributed by atoms with Gasteiger partial charge in [-0.1, -0.05) is 47.0 Å². The first kappa shape index (κ1) is 20.1. The molecule has 0 saturated carbocycles. The Morgan fingerprint density at radius 3 is 2.25 bits per heavy atom.